The monoisotopic (exact) mass is 309 g/mol. The summed E-state index contributed by atoms with van der Waals surface area (Å²) >= 11 is 0. The molecule has 0 bridgehead atoms. The SMILES string of the molecule is CO[P+](=O)CCc1cccc(C(=O)OC2CCCCC2)c1. The van der Waals surface area contributed by atoms with Crippen molar-refractivity contribution in [2.24, 2.45) is 0 Å². The Kier molecular flexibility index (Phi) is 6.34. The van der Waals surface area contributed by atoms with E-state index in [0.29, 0.717) is 18.1 Å². The van der Waals surface area contributed by atoms with Gasteiger partial charge in [-0.15, -0.1) is 4.52 Å². The van der Waals surface area contributed by atoms with Crippen molar-refractivity contribution in [3.63, 3.8) is 0 Å². The van der Waals surface area contributed by atoms with E-state index in [1.165, 1.54) is 13.5 Å². The van der Waals surface area contributed by atoms with Crippen LogP contribution in [0.25, 0.3) is 0 Å². The fourth-order valence-electron chi connectivity index (χ4n) is 2.57. The first kappa shape index (κ1) is 16.1. The second-order valence-electron chi connectivity index (χ2n) is 5.35. The maximum atomic E-state index is 12.2. The fourth-order valence-corrected chi connectivity index (χ4v) is 3.19. The zero-order valence-electron chi connectivity index (χ0n) is 12.4. The van der Waals surface area contributed by atoms with Crippen molar-refractivity contribution in [2.75, 3.05) is 13.3 Å². The number of carbonyl (C=O) groups is 1. The summed E-state index contributed by atoms with van der Waals surface area (Å²) in [5.74, 6) is -0.250. The highest BCUT2D eigenvalue weighted by molar-refractivity contribution is 7.39. The summed E-state index contributed by atoms with van der Waals surface area (Å²) in [5.41, 5.74) is 1.55. The highest BCUT2D eigenvalue weighted by atomic mass is 31.1. The zero-order valence-corrected chi connectivity index (χ0v) is 13.3. The van der Waals surface area contributed by atoms with Crippen LogP contribution in [0.2, 0.25) is 0 Å². The lowest BCUT2D eigenvalue weighted by Crippen LogP contribution is -2.21. The summed E-state index contributed by atoms with van der Waals surface area (Å²) in [4.78, 5) is 12.2. The first-order valence-electron chi connectivity index (χ1n) is 7.47. The summed E-state index contributed by atoms with van der Waals surface area (Å²) in [6.07, 6.45) is 6.63. The van der Waals surface area contributed by atoms with Crippen LogP contribution in [0, 0.1) is 0 Å². The van der Waals surface area contributed by atoms with Gasteiger partial charge in [0, 0.05) is 6.42 Å². The molecule has 114 valence electrons. The minimum atomic E-state index is -1.61. The number of carbonyl (C=O) groups excluding carboxylic acids is 1. The van der Waals surface area contributed by atoms with E-state index in [-0.39, 0.29) is 12.1 Å². The predicted octanol–water partition coefficient (Wildman–Crippen LogP) is 4.11. The Morgan fingerprint density at radius 3 is 2.76 bits per heavy atom. The molecule has 5 heteroatoms. The van der Waals surface area contributed by atoms with Crippen LogP contribution < -0.4 is 0 Å². The number of rotatable bonds is 6. The molecule has 21 heavy (non-hydrogen) atoms. The third-order valence-corrected chi connectivity index (χ3v) is 4.77. The van der Waals surface area contributed by atoms with Crippen LogP contribution in [0.3, 0.4) is 0 Å². The zero-order chi connectivity index (χ0) is 15.1. The number of hydrogen-bond acceptors (Lipinski definition) is 4. The molecular formula is C16H22O4P+. The Hall–Kier alpha value is -1.25. The second-order valence-corrected chi connectivity index (χ2v) is 6.83. The summed E-state index contributed by atoms with van der Waals surface area (Å²) in [5, 5.41) is 0. The van der Waals surface area contributed by atoms with Crippen molar-refractivity contribution < 1.29 is 18.6 Å². The van der Waals surface area contributed by atoms with Crippen LogP contribution in [-0.2, 0) is 20.2 Å². The molecule has 1 aromatic rings. The topological polar surface area (TPSA) is 52.6 Å². The van der Waals surface area contributed by atoms with Crippen molar-refractivity contribution in [3.05, 3.63) is 35.4 Å². The first-order chi connectivity index (χ1) is 10.2. The molecule has 1 unspecified atom stereocenters. The van der Waals surface area contributed by atoms with Crippen molar-refractivity contribution >= 4 is 14.0 Å². The van der Waals surface area contributed by atoms with E-state index < -0.39 is 8.03 Å². The molecule has 1 aliphatic rings. The molecule has 0 radical (unpaired) electrons. The maximum absolute atomic E-state index is 12.2. The lowest BCUT2D eigenvalue weighted by Gasteiger charge is -2.21. The lowest BCUT2D eigenvalue weighted by molar-refractivity contribution is 0.0211. The van der Waals surface area contributed by atoms with E-state index >= 15 is 0 Å². The van der Waals surface area contributed by atoms with E-state index in [4.69, 9.17) is 9.26 Å². The number of aryl methyl sites for hydroxylation is 1. The predicted molar refractivity (Wildman–Crippen MR) is 81.9 cm³/mol. The molecule has 0 saturated heterocycles. The standard InChI is InChI=1S/C16H22O4P/c1-19-21(18)11-10-13-6-5-7-14(12-13)16(17)20-15-8-3-2-4-9-15/h5-7,12,15H,2-4,8-11H2,1H3/q+1. The first-order valence-corrected chi connectivity index (χ1v) is 8.84. The van der Waals surface area contributed by atoms with Gasteiger partial charge in [-0.2, -0.15) is 0 Å². The molecule has 4 nitrogen and oxygen atoms in total. The molecule has 0 spiro atoms. The quantitative estimate of drug-likeness (QED) is 0.586. The van der Waals surface area contributed by atoms with Crippen molar-refractivity contribution in [1.82, 2.24) is 0 Å². The molecule has 1 atom stereocenters. The van der Waals surface area contributed by atoms with E-state index in [1.54, 1.807) is 6.07 Å². The van der Waals surface area contributed by atoms with Gasteiger partial charge in [-0.1, -0.05) is 18.6 Å². The number of hydrogen-bond donors (Lipinski definition) is 0. The molecule has 1 saturated carbocycles. The molecule has 0 aromatic heterocycles. The highest BCUT2D eigenvalue weighted by Gasteiger charge is 2.19. The van der Waals surface area contributed by atoms with Gasteiger partial charge in [0.25, 0.3) is 0 Å². The Morgan fingerprint density at radius 2 is 2.05 bits per heavy atom. The summed E-state index contributed by atoms with van der Waals surface area (Å²) < 4.78 is 21.6. The van der Waals surface area contributed by atoms with Gasteiger partial charge in [-0.05, 0) is 47.9 Å². The molecule has 2 rings (SSSR count). The molecule has 0 heterocycles. The van der Waals surface area contributed by atoms with Gasteiger partial charge in [0.1, 0.15) is 6.10 Å². The van der Waals surface area contributed by atoms with Gasteiger partial charge in [-0.25, -0.2) is 4.79 Å². The largest absolute Gasteiger partial charge is 0.508 e. The molecule has 1 fully saturated rings. The lowest BCUT2D eigenvalue weighted by atomic mass is 9.98. The van der Waals surface area contributed by atoms with Crippen LogP contribution in [0.4, 0.5) is 0 Å². The Morgan fingerprint density at radius 1 is 1.29 bits per heavy atom. The summed E-state index contributed by atoms with van der Waals surface area (Å²) in [6.45, 7) is 0. The summed E-state index contributed by atoms with van der Waals surface area (Å²) in [7, 11) is -0.166. The molecule has 0 N–H and O–H groups in total. The van der Waals surface area contributed by atoms with Crippen molar-refractivity contribution in [1.29, 1.82) is 0 Å². The van der Waals surface area contributed by atoms with Crippen LogP contribution in [-0.4, -0.2) is 25.3 Å². The van der Waals surface area contributed by atoms with Gasteiger partial charge in [0.15, 0.2) is 6.16 Å². The van der Waals surface area contributed by atoms with Crippen LogP contribution in [0.1, 0.15) is 48.0 Å². The fraction of sp³-hybridized carbons (Fsp3) is 0.562. The number of esters is 1. The van der Waals surface area contributed by atoms with Crippen LogP contribution >= 0.6 is 8.03 Å². The minimum absolute atomic E-state index is 0.0675. The van der Waals surface area contributed by atoms with Gasteiger partial charge < -0.3 is 4.74 Å². The maximum Gasteiger partial charge on any atom is 0.508 e. The van der Waals surface area contributed by atoms with Crippen LogP contribution in [0.5, 0.6) is 0 Å². The molecule has 0 aliphatic heterocycles. The Bertz CT molecular complexity index is 495. The smallest absolute Gasteiger partial charge is 0.459 e. The Balaban J connectivity index is 1.92. The highest BCUT2D eigenvalue weighted by Crippen LogP contribution is 2.23. The molecular weight excluding hydrogens is 287 g/mol. The molecule has 0 amide bonds. The van der Waals surface area contributed by atoms with Gasteiger partial charge >= 0.3 is 14.0 Å². The second kappa shape index (κ2) is 8.26. The normalized spacial score (nSPS) is 16.5. The van der Waals surface area contributed by atoms with Gasteiger partial charge in [0.05, 0.1) is 12.7 Å². The summed E-state index contributed by atoms with van der Waals surface area (Å²) in [6, 6.07) is 7.36. The van der Waals surface area contributed by atoms with E-state index in [0.717, 1.165) is 31.2 Å². The van der Waals surface area contributed by atoms with Gasteiger partial charge in [0.2, 0.25) is 0 Å². The van der Waals surface area contributed by atoms with Gasteiger partial charge in [-0.3, -0.25) is 0 Å². The number of ether oxygens (including phenoxy) is 1. The van der Waals surface area contributed by atoms with E-state index in [2.05, 4.69) is 0 Å². The average molecular weight is 309 g/mol. The third kappa shape index (κ3) is 5.22. The van der Waals surface area contributed by atoms with Crippen LogP contribution in [0.15, 0.2) is 24.3 Å². The Labute approximate surface area is 126 Å². The van der Waals surface area contributed by atoms with E-state index in [1.807, 2.05) is 18.2 Å². The van der Waals surface area contributed by atoms with Crippen molar-refractivity contribution in [3.8, 4) is 0 Å². The molecule has 1 aromatic carbocycles. The van der Waals surface area contributed by atoms with Crippen molar-refractivity contribution in [2.45, 2.75) is 44.6 Å². The molecule has 1 aliphatic carbocycles. The third-order valence-electron chi connectivity index (χ3n) is 3.78. The minimum Gasteiger partial charge on any atom is -0.459 e. The number of benzene rings is 1. The van der Waals surface area contributed by atoms with E-state index in [9.17, 15) is 9.36 Å². The average Bonchev–Trinajstić information content (AvgIpc) is 2.53.